The number of nitro benzene ring substituents is 1. The molecule has 0 aliphatic carbocycles. The third-order valence-electron chi connectivity index (χ3n) is 4.03. The van der Waals surface area contributed by atoms with Crippen LogP contribution in [0.3, 0.4) is 0 Å². The average Bonchev–Trinajstić information content (AvgIpc) is 2.70. The standard InChI is InChI=1S/C19H21ClN4O5/c1-12-14(20)4-3-5-15(12)23-18(25)11-22-19(26)13-6-7-16(21-8-9-29-2)17(10-13)24(27)28/h3-7,10,21H,8-9,11H2,1-2H3,(H,22,26)(H,23,25). The summed E-state index contributed by atoms with van der Waals surface area (Å²) in [7, 11) is 1.52. The molecule has 0 aliphatic heterocycles. The minimum Gasteiger partial charge on any atom is -0.383 e. The van der Waals surface area contributed by atoms with Crippen LogP contribution in [0.2, 0.25) is 5.02 Å². The van der Waals surface area contributed by atoms with Crippen LogP contribution in [0.5, 0.6) is 0 Å². The lowest BCUT2D eigenvalue weighted by Crippen LogP contribution is -2.33. The first-order valence-corrected chi connectivity index (χ1v) is 9.05. The number of amides is 2. The molecule has 0 radical (unpaired) electrons. The second kappa shape index (κ2) is 10.4. The number of nitrogens with one attached hydrogen (secondary N) is 3. The number of nitrogens with zero attached hydrogens (tertiary/aromatic N) is 1. The van der Waals surface area contributed by atoms with Gasteiger partial charge in [-0.05, 0) is 36.8 Å². The number of rotatable bonds is 9. The number of hydrogen-bond donors (Lipinski definition) is 3. The molecule has 0 bridgehead atoms. The summed E-state index contributed by atoms with van der Waals surface area (Å²) < 4.78 is 4.89. The van der Waals surface area contributed by atoms with Crippen molar-refractivity contribution < 1.29 is 19.2 Å². The van der Waals surface area contributed by atoms with Gasteiger partial charge in [-0.1, -0.05) is 17.7 Å². The van der Waals surface area contributed by atoms with Crippen molar-refractivity contribution in [1.82, 2.24) is 5.32 Å². The largest absolute Gasteiger partial charge is 0.383 e. The Balaban J connectivity index is 2.00. The van der Waals surface area contributed by atoms with E-state index in [-0.39, 0.29) is 23.5 Å². The molecular formula is C19H21ClN4O5. The highest BCUT2D eigenvalue weighted by Gasteiger charge is 2.18. The van der Waals surface area contributed by atoms with Gasteiger partial charge in [-0.15, -0.1) is 0 Å². The summed E-state index contributed by atoms with van der Waals surface area (Å²) in [6.45, 7) is 2.22. The summed E-state index contributed by atoms with van der Waals surface area (Å²) in [6, 6.07) is 9.14. The maximum Gasteiger partial charge on any atom is 0.293 e. The van der Waals surface area contributed by atoms with Crippen LogP contribution < -0.4 is 16.0 Å². The van der Waals surface area contributed by atoms with Gasteiger partial charge in [-0.2, -0.15) is 0 Å². The molecule has 29 heavy (non-hydrogen) atoms. The van der Waals surface area contributed by atoms with Crippen molar-refractivity contribution >= 4 is 40.5 Å². The minimum atomic E-state index is -0.602. The number of carbonyl (C=O) groups excluding carboxylic acids is 2. The summed E-state index contributed by atoms with van der Waals surface area (Å²) in [5.74, 6) is -1.05. The van der Waals surface area contributed by atoms with Gasteiger partial charge < -0.3 is 20.7 Å². The number of hydrogen-bond acceptors (Lipinski definition) is 6. The lowest BCUT2D eigenvalue weighted by molar-refractivity contribution is -0.384. The summed E-state index contributed by atoms with van der Waals surface area (Å²) in [4.78, 5) is 35.1. The molecule has 2 aromatic rings. The second-order valence-electron chi connectivity index (χ2n) is 6.05. The van der Waals surface area contributed by atoms with Crippen LogP contribution in [0.1, 0.15) is 15.9 Å². The van der Waals surface area contributed by atoms with Crippen molar-refractivity contribution in [3.05, 3.63) is 62.7 Å². The lowest BCUT2D eigenvalue weighted by atomic mass is 10.1. The molecule has 0 atom stereocenters. The van der Waals surface area contributed by atoms with Crippen molar-refractivity contribution in [2.75, 3.05) is 37.4 Å². The van der Waals surface area contributed by atoms with E-state index in [0.717, 1.165) is 6.07 Å². The fourth-order valence-corrected chi connectivity index (χ4v) is 2.64. The van der Waals surface area contributed by atoms with Crippen molar-refractivity contribution in [3.63, 3.8) is 0 Å². The zero-order valence-corrected chi connectivity index (χ0v) is 16.7. The molecular weight excluding hydrogens is 400 g/mol. The van der Waals surface area contributed by atoms with E-state index in [1.54, 1.807) is 25.1 Å². The van der Waals surface area contributed by atoms with E-state index in [2.05, 4.69) is 16.0 Å². The Kier molecular flexibility index (Phi) is 7.93. The van der Waals surface area contributed by atoms with Crippen LogP contribution in [0.25, 0.3) is 0 Å². The maximum absolute atomic E-state index is 12.3. The third-order valence-corrected chi connectivity index (χ3v) is 4.44. The topological polar surface area (TPSA) is 123 Å². The molecule has 0 saturated carbocycles. The monoisotopic (exact) mass is 420 g/mol. The third kappa shape index (κ3) is 6.16. The van der Waals surface area contributed by atoms with Crippen molar-refractivity contribution in [1.29, 1.82) is 0 Å². The Morgan fingerprint density at radius 3 is 2.66 bits per heavy atom. The van der Waals surface area contributed by atoms with Gasteiger partial charge in [0.15, 0.2) is 0 Å². The number of benzene rings is 2. The molecule has 154 valence electrons. The highest BCUT2D eigenvalue weighted by Crippen LogP contribution is 2.25. The van der Waals surface area contributed by atoms with Gasteiger partial charge in [0.2, 0.25) is 5.91 Å². The van der Waals surface area contributed by atoms with Crippen LogP contribution in [0.15, 0.2) is 36.4 Å². The highest BCUT2D eigenvalue weighted by molar-refractivity contribution is 6.31. The molecule has 9 nitrogen and oxygen atoms in total. The number of methoxy groups -OCH3 is 1. The van der Waals surface area contributed by atoms with E-state index in [1.165, 1.54) is 19.2 Å². The van der Waals surface area contributed by atoms with Crippen LogP contribution in [-0.2, 0) is 9.53 Å². The summed E-state index contributed by atoms with van der Waals surface area (Å²) in [5.41, 5.74) is 1.35. The molecule has 0 spiro atoms. The molecule has 0 heterocycles. The van der Waals surface area contributed by atoms with Gasteiger partial charge >= 0.3 is 0 Å². The van der Waals surface area contributed by atoms with E-state index in [4.69, 9.17) is 16.3 Å². The molecule has 0 fully saturated rings. The highest BCUT2D eigenvalue weighted by atomic mass is 35.5. The number of ether oxygens (including phenoxy) is 1. The first-order chi connectivity index (χ1) is 13.8. The van der Waals surface area contributed by atoms with Gasteiger partial charge in [-0.3, -0.25) is 19.7 Å². The molecule has 2 rings (SSSR count). The van der Waals surface area contributed by atoms with Crippen LogP contribution in [-0.4, -0.2) is 43.5 Å². The first-order valence-electron chi connectivity index (χ1n) is 8.68. The van der Waals surface area contributed by atoms with E-state index in [0.29, 0.717) is 29.4 Å². The SMILES string of the molecule is COCCNc1ccc(C(=O)NCC(=O)Nc2cccc(Cl)c2C)cc1[N+](=O)[O-]. The zero-order chi connectivity index (χ0) is 21.4. The van der Waals surface area contributed by atoms with E-state index >= 15 is 0 Å². The number of anilines is 2. The predicted molar refractivity (Wildman–Crippen MR) is 111 cm³/mol. The Labute approximate surface area is 172 Å². The fraction of sp³-hybridized carbons (Fsp3) is 0.263. The van der Waals surface area contributed by atoms with Crippen LogP contribution >= 0.6 is 11.6 Å². The van der Waals surface area contributed by atoms with Crippen molar-refractivity contribution in [3.8, 4) is 0 Å². The molecule has 0 aromatic heterocycles. The number of halogens is 1. The van der Waals surface area contributed by atoms with Gasteiger partial charge in [0, 0.05) is 36.0 Å². The minimum absolute atomic E-state index is 0.0701. The number of carbonyl (C=O) groups is 2. The van der Waals surface area contributed by atoms with Gasteiger partial charge in [-0.25, -0.2) is 0 Å². The van der Waals surface area contributed by atoms with E-state index in [1.807, 2.05) is 0 Å². The molecule has 2 aromatic carbocycles. The maximum atomic E-state index is 12.3. The van der Waals surface area contributed by atoms with Crippen molar-refractivity contribution in [2.45, 2.75) is 6.92 Å². The lowest BCUT2D eigenvalue weighted by Gasteiger charge is -2.11. The fourth-order valence-electron chi connectivity index (χ4n) is 2.46. The molecule has 0 aliphatic rings. The van der Waals surface area contributed by atoms with Gasteiger partial charge in [0.05, 0.1) is 18.1 Å². The quantitative estimate of drug-likeness (QED) is 0.325. The molecule has 10 heteroatoms. The van der Waals surface area contributed by atoms with Gasteiger partial charge in [0.25, 0.3) is 11.6 Å². The van der Waals surface area contributed by atoms with Crippen molar-refractivity contribution in [2.24, 2.45) is 0 Å². The molecule has 0 unspecified atom stereocenters. The molecule has 2 amide bonds. The van der Waals surface area contributed by atoms with Crippen LogP contribution in [0, 0.1) is 17.0 Å². The Bertz CT molecular complexity index is 919. The smallest absolute Gasteiger partial charge is 0.293 e. The summed E-state index contributed by atoms with van der Waals surface area (Å²) in [5, 5.41) is 19.8. The predicted octanol–water partition coefficient (Wildman–Crippen LogP) is 2.98. The Morgan fingerprint density at radius 1 is 1.21 bits per heavy atom. The normalized spacial score (nSPS) is 10.3. The van der Waals surface area contributed by atoms with Crippen LogP contribution in [0.4, 0.5) is 17.1 Å². The summed E-state index contributed by atoms with van der Waals surface area (Å²) >= 11 is 6.01. The zero-order valence-electron chi connectivity index (χ0n) is 16.0. The average molecular weight is 421 g/mol. The second-order valence-corrected chi connectivity index (χ2v) is 6.46. The number of nitro groups is 1. The Hall–Kier alpha value is -3.17. The van der Waals surface area contributed by atoms with E-state index in [9.17, 15) is 19.7 Å². The molecule has 0 saturated heterocycles. The van der Waals surface area contributed by atoms with Gasteiger partial charge in [0.1, 0.15) is 5.69 Å². The van der Waals surface area contributed by atoms with E-state index < -0.39 is 16.7 Å². The molecule has 3 N–H and O–H groups in total. The Morgan fingerprint density at radius 2 is 1.97 bits per heavy atom. The summed E-state index contributed by atoms with van der Waals surface area (Å²) in [6.07, 6.45) is 0. The first kappa shape index (κ1) is 22.1.